The van der Waals surface area contributed by atoms with Crippen LogP contribution in [0.15, 0.2) is 45.8 Å². The smallest absolute Gasteiger partial charge is 0.240 e. The van der Waals surface area contributed by atoms with E-state index in [4.69, 9.17) is 4.42 Å². The standard InChI is InChI=1S/C16H12N2O2/c1-10-3-6-15-14(7-10)18-16(20-15)12-5-4-11(2)13(8-12)17-9-19/h3-8H,1-2H3. The third-order valence-corrected chi connectivity index (χ3v) is 3.17. The molecule has 20 heavy (non-hydrogen) atoms. The number of fused-ring (bicyclic) bond motifs is 1. The van der Waals surface area contributed by atoms with Crippen LogP contribution in [-0.2, 0) is 4.79 Å². The minimum Gasteiger partial charge on any atom is -0.436 e. The average Bonchev–Trinajstić information content (AvgIpc) is 2.84. The number of aliphatic imine (C=N–C) groups is 1. The minimum absolute atomic E-state index is 0.521. The van der Waals surface area contributed by atoms with Crippen molar-refractivity contribution in [1.82, 2.24) is 4.98 Å². The number of benzene rings is 2. The summed E-state index contributed by atoms with van der Waals surface area (Å²) in [5, 5.41) is 0. The Kier molecular flexibility index (Phi) is 2.93. The number of aromatic nitrogens is 1. The lowest BCUT2D eigenvalue weighted by atomic mass is 10.1. The number of rotatable bonds is 2. The molecule has 0 aliphatic rings. The number of isocyanates is 1. The van der Waals surface area contributed by atoms with E-state index in [-0.39, 0.29) is 0 Å². The molecule has 1 heterocycles. The van der Waals surface area contributed by atoms with Crippen molar-refractivity contribution in [1.29, 1.82) is 0 Å². The first-order valence-corrected chi connectivity index (χ1v) is 6.23. The van der Waals surface area contributed by atoms with Crippen molar-refractivity contribution < 1.29 is 9.21 Å². The second kappa shape index (κ2) is 4.76. The molecule has 1 aromatic heterocycles. The summed E-state index contributed by atoms with van der Waals surface area (Å²) in [6.45, 7) is 3.89. The van der Waals surface area contributed by atoms with Crippen LogP contribution in [0.3, 0.4) is 0 Å². The predicted octanol–water partition coefficient (Wildman–Crippen LogP) is 4.08. The van der Waals surface area contributed by atoms with Gasteiger partial charge in [0.25, 0.3) is 0 Å². The van der Waals surface area contributed by atoms with Crippen molar-refractivity contribution >= 4 is 22.9 Å². The topological polar surface area (TPSA) is 55.5 Å². The molecule has 0 saturated carbocycles. The van der Waals surface area contributed by atoms with Crippen molar-refractivity contribution in [3.05, 3.63) is 47.5 Å². The van der Waals surface area contributed by atoms with E-state index in [1.165, 1.54) is 0 Å². The second-order valence-electron chi connectivity index (χ2n) is 4.69. The Labute approximate surface area is 115 Å². The van der Waals surface area contributed by atoms with Gasteiger partial charge in [0.15, 0.2) is 5.58 Å². The fraction of sp³-hybridized carbons (Fsp3) is 0.125. The summed E-state index contributed by atoms with van der Waals surface area (Å²) in [5.41, 5.74) is 4.97. The molecule has 0 bridgehead atoms. The summed E-state index contributed by atoms with van der Waals surface area (Å²) in [4.78, 5) is 18.6. The number of oxazole rings is 1. The lowest BCUT2D eigenvalue weighted by molar-refractivity contribution is 0.565. The van der Waals surface area contributed by atoms with Gasteiger partial charge in [-0.2, -0.15) is 4.99 Å². The van der Waals surface area contributed by atoms with E-state index in [0.717, 1.165) is 27.8 Å². The van der Waals surface area contributed by atoms with Gasteiger partial charge >= 0.3 is 0 Å². The highest BCUT2D eigenvalue weighted by Crippen LogP contribution is 2.29. The molecule has 0 fully saturated rings. The van der Waals surface area contributed by atoms with Gasteiger partial charge in [-0.05, 0) is 49.2 Å². The summed E-state index contributed by atoms with van der Waals surface area (Å²) < 4.78 is 5.73. The van der Waals surface area contributed by atoms with E-state index < -0.39 is 0 Å². The number of hydrogen-bond acceptors (Lipinski definition) is 4. The molecule has 98 valence electrons. The van der Waals surface area contributed by atoms with E-state index in [0.29, 0.717) is 11.6 Å². The average molecular weight is 264 g/mol. The Hall–Kier alpha value is -2.71. The Morgan fingerprint density at radius 2 is 2.00 bits per heavy atom. The fourth-order valence-electron chi connectivity index (χ4n) is 2.07. The minimum atomic E-state index is 0.521. The first-order chi connectivity index (χ1) is 9.67. The molecule has 0 amide bonds. The van der Waals surface area contributed by atoms with Crippen LogP contribution in [-0.4, -0.2) is 11.1 Å². The quantitative estimate of drug-likeness (QED) is 0.517. The van der Waals surface area contributed by atoms with Crippen LogP contribution in [0.1, 0.15) is 11.1 Å². The molecule has 0 N–H and O–H groups in total. The summed E-state index contributed by atoms with van der Waals surface area (Å²) in [5.74, 6) is 0.521. The van der Waals surface area contributed by atoms with Gasteiger partial charge in [0, 0.05) is 5.56 Å². The van der Waals surface area contributed by atoms with Gasteiger partial charge in [0.2, 0.25) is 12.0 Å². The van der Waals surface area contributed by atoms with Gasteiger partial charge in [-0.15, -0.1) is 0 Å². The molecule has 0 atom stereocenters. The number of aryl methyl sites for hydroxylation is 2. The summed E-state index contributed by atoms with van der Waals surface area (Å²) in [7, 11) is 0. The molecule has 4 nitrogen and oxygen atoms in total. The lowest BCUT2D eigenvalue weighted by Gasteiger charge is -2.00. The van der Waals surface area contributed by atoms with Crippen molar-refractivity contribution in [3.63, 3.8) is 0 Å². The summed E-state index contributed by atoms with van der Waals surface area (Å²) >= 11 is 0. The van der Waals surface area contributed by atoms with Gasteiger partial charge in [0.05, 0.1) is 5.69 Å². The van der Waals surface area contributed by atoms with E-state index >= 15 is 0 Å². The monoisotopic (exact) mass is 264 g/mol. The van der Waals surface area contributed by atoms with E-state index in [1.807, 2.05) is 44.2 Å². The number of carbonyl (C=O) groups excluding carboxylic acids is 1. The van der Waals surface area contributed by atoms with Crippen LogP contribution in [0, 0.1) is 13.8 Å². The van der Waals surface area contributed by atoms with Gasteiger partial charge in [-0.1, -0.05) is 12.1 Å². The number of hydrogen-bond donors (Lipinski definition) is 0. The SMILES string of the molecule is Cc1ccc2oc(-c3ccc(C)c(N=C=O)c3)nc2c1. The lowest BCUT2D eigenvalue weighted by Crippen LogP contribution is -1.80. The van der Waals surface area contributed by atoms with Gasteiger partial charge in [-0.25, -0.2) is 9.78 Å². The Bertz CT molecular complexity index is 843. The Morgan fingerprint density at radius 1 is 1.15 bits per heavy atom. The molecule has 3 aromatic rings. The van der Waals surface area contributed by atoms with Crippen LogP contribution in [0.5, 0.6) is 0 Å². The normalized spacial score (nSPS) is 10.5. The highest BCUT2D eigenvalue weighted by atomic mass is 16.3. The Morgan fingerprint density at radius 3 is 2.80 bits per heavy atom. The molecule has 0 aliphatic carbocycles. The maximum atomic E-state index is 10.4. The maximum absolute atomic E-state index is 10.4. The third-order valence-electron chi connectivity index (χ3n) is 3.17. The van der Waals surface area contributed by atoms with Crippen molar-refractivity contribution in [2.45, 2.75) is 13.8 Å². The van der Waals surface area contributed by atoms with Crippen molar-refractivity contribution in [2.24, 2.45) is 4.99 Å². The molecule has 2 aromatic carbocycles. The Balaban J connectivity index is 2.15. The molecule has 3 rings (SSSR count). The van der Waals surface area contributed by atoms with Crippen LogP contribution in [0.4, 0.5) is 5.69 Å². The molecule has 0 spiro atoms. The molecular weight excluding hydrogens is 252 g/mol. The van der Waals surface area contributed by atoms with Crippen LogP contribution >= 0.6 is 0 Å². The summed E-state index contributed by atoms with van der Waals surface area (Å²) in [6.07, 6.45) is 1.56. The molecule has 0 aliphatic heterocycles. The molecule has 0 radical (unpaired) electrons. The van der Waals surface area contributed by atoms with Crippen molar-refractivity contribution in [3.8, 4) is 11.5 Å². The fourth-order valence-corrected chi connectivity index (χ4v) is 2.07. The highest BCUT2D eigenvalue weighted by molar-refractivity contribution is 5.77. The largest absolute Gasteiger partial charge is 0.436 e. The zero-order valence-electron chi connectivity index (χ0n) is 11.2. The molecular formula is C16H12N2O2. The zero-order valence-corrected chi connectivity index (χ0v) is 11.2. The molecule has 4 heteroatoms. The molecule has 0 saturated heterocycles. The first-order valence-electron chi connectivity index (χ1n) is 6.23. The van der Waals surface area contributed by atoms with Crippen LogP contribution in [0.25, 0.3) is 22.6 Å². The molecule has 0 unspecified atom stereocenters. The number of nitrogens with zero attached hydrogens (tertiary/aromatic N) is 2. The highest BCUT2D eigenvalue weighted by Gasteiger charge is 2.09. The van der Waals surface area contributed by atoms with Crippen molar-refractivity contribution in [2.75, 3.05) is 0 Å². The van der Waals surface area contributed by atoms with Gasteiger partial charge < -0.3 is 4.42 Å². The van der Waals surface area contributed by atoms with Crippen LogP contribution in [0.2, 0.25) is 0 Å². The van der Waals surface area contributed by atoms with E-state index in [2.05, 4.69) is 9.98 Å². The van der Waals surface area contributed by atoms with E-state index in [1.54, 1.807) is 12.1 Å². The maximum Gasteiger partial charge on any atom is 0.240 e. The second-order valence-corrected chi connectivity index (χ2v) is 4.69. The predicted molar refractivity (Wildman–Crippen MR) is 76.7 cm³/mol. The summed E-state index contributed by atoms with van der Waals surface area (Å²) in [6, 6.07) is 11.4. The van der Waals surface area contributed by atoms with E-state index in [9.17, 15) is 4.79 Å². The van der Waals surface area contributed by atoms with Gasteiger partial charge in [-0.3, -0.25) is 0 Å². The third kappa shape index (κ3) is 2.13. The first kappa shape index (κ1) is 12.3. The van der Waals surface area contributed by atoms with Gasteiger partial charge in [0.1, 0.15) is 5.52 Å². The zero-order chi connectivity index (χ0) is 14.1. The van der Waals surface area contributed by atoms with Crippen LogP contribution < -0.4 is 0 Å².